The van der Waals surface area contributed by atoms with Crippen molar-refractivity contribution in [3.05, 3.63) is 81.1 Å². The molecule has 1 aliphatic rings. The van der Waals surface area contributed by atoms with Crippen LogP contribution in [0.25, 0.3) is 21.8 Å². The molecular weight excluding hydrogens is 432 g/mol. The van der Waals surface area contributed by atoms with Crippen LogP contribution in [0.1, 0.15) is 12.0 Å². The van der Waals surface area contributed by atoms with Gasteiger partial charge in [0.15, 0.2) is 0 Å². The quantitative estimate of drug-likeness (QED) is 0.395. The molecule has 1 fully saturated rings. The van der Waals surface area contributed by atoms with Crippen molar-refractivity contribution in [2.75, 3.05) is 40.0 Å². The number of hydrogen-bond donors (Lipinski definition) is 0. The maximum absolute atomic E-state index is 13.2. The number of aryl methyl sites for hydroxylation is 1. The van der Waals surface area contributed by atoms with Gasteiger partial charge in [-0.3, -0.25) is 14.5 Å². The minimum atomic E-state index is -0.162. The average molecular weight is 461 g/mol. The summed E-state index contributed by atoms with van der Waals surface area (Å²) in [5, 5.41) is 0.923. The number of morpholine rings is 1. The Balaban J connectivity index is 1.42. The van der Waals surface area contributed by atoms with Crippen molar-refractivity contribution in [1.82, 2.24) is 19.0 Å². The van der Waals surface area contributed by atoms with Gasteiger partial charge in [-0.25, -0.2) is 4.98 Å². The van der Waals surface area contributed by atoms with E-state index in [0.29, 0.717) is 34.9 Å². The highest BCUT2D eigenvalue weighted by atomic mass is 16.5. The Morgan fingerprint density at radius 1 is 0.882 bits per heavy atom. The maximum Gasteiger partial charge on any atom is 0.260 e. The highest BCUT2D eigenvalue weighted by Crippen LogP contribution is 2.16. The van der Waals surface area contributed by atoms with Crippen molar-refractivity contribution in [2.45, 2.75) is 19.5 Å². The van der Waals surface area contributed by atoms with E-state index >= 15 is 0 Å². The molecule has 0 spiro atoms. The van der Waals surface area contributed by atoms with Crippen LogP contribution in [0.15, 0.2) is 64.4 Å². The van der Waals surface area contributed by atoms with Gasteiger partial charge >= 0.3 is 0 Å². The van der Waals surface area contributed by atoms with Crippen molar-refractivity contribution >= 4 is 21.8 Å². The molecule has 0 amide bonds. The average Bonchev–Trinajstić information content (AvgIpc) is 2.88. The van der Waals surface area contributed by atoms with Gasteiger partial charge in [-0.05, 0) is 42.3 Å². The second-order valence-electron chi connectivity index (χ2n) is 8.57. The van der Waals surface area contributed by atoms with Gasteiger partial charge in [-0.2, -0.15) is 0 Å². The van der Waals surface area contributed by atoms with Crippen LogP contribution < -0.4 is 15.9 Å². The summed E-state index contributed by atoms with van der Waals surface area (Å²) in [6.45, 7) is 5.39. The summed E-state index contributed by atoms with van der Waals surface area (Å²) in [6, 6.07) is 13.0. The predicted molar refractivity (Wildman–Crippen MR) is 132 cm³/mol. The van der Waals surface area contributed by atoms with Gasteiger partial charge in [0.1, 0.15) is 5.75 Å². The largest absolute Gasteiger partial charge is 0.497 e. The van der Waals surface area contributed by atoms with Crippen LogP contribution in [-0.2, 0) is 17.8 Å². The van der Waals surface area contributed by atoms with Crippen molar-refractivity contribution in [3.63, 3.8) is 0 Å². The molecule has 4 heterocycles. The standard InChI is InChI=1S/C26H28N4O4/c1-33-20-5-3-19(4-6-20)18-30-12-8-24-22(26(30)32)17-21-23(27-24)7-11-29(25(21)31)10-2-9-28-13-15-34-16-14-28/h3-8,11-12,17H,2,9-10,13-16,18H2,1H3. The molecule has 3 aromatic heterocycles. The van der Waals surface area contributed by atoms with E-state index in [1.807, 2.05) is 36.4 Å². The Kier molecular flexibility index (Phi) is 6.42. The minimum absolute atomic E-state index is 0.112. The maximum atomic E-state index is 13.2. The monoisotopic (exact) mass is 460 g/mol. The second-order valence-corrected chi connectivity index (χ2v) is 8.57. The van der Waals surface area contributed by atoms with Gasteiger partial charge in [0.2, 0.25) is 0 Å². The molecule has 34 heavy (non-hydrogen) atoms. The fourth-order valence-electron chi connectivity index (χ4n) is 4.42. The first-order valence-corrected chi connectivity index (χ1v) is 11.6. The lowest BCUT2D eigenvalue weighted by atomic mass is 10.1. The molecule has 0 saturated carbocycles. The van der Waals surface area contributed by atoms with Gasteiger partial charge in [-0.15, -0.1) is 0 Å². The highest BCUT2D eigenvalue weighted by molar-refractivity contribution is 5.91. The molecule has 0 radical (unpaired) electrons. The third-order valence-corrected chi connectivity index (χ3v) is 6.38. The molecule has 0 aliphatic carbocycles. The molecule has 1 aromatic carbocycles. The van der Waals surface area contributed by atoms with E-state index in [2.05, 4.69) is 9.88 Å². The van der Waals surface area contributed by atoms with Gasteiger partial charge in [-0.1, -0.05) is 12.1 Å². The van der Waals surface area contributed by atoms with Crippen molar-refractivity contribution in [3.8, 4) is 5.75 Å². The van der Waals surface area contributed by atoms with E-state index in [4.69, 9.17) is 9.47 Å². The van der Waals surface area contributed by atoms with Crippen LogP contribution >= 0.6 is 0 Å². The molecule has 4 aromatic rings. The number of pyridine rings is 3. The van der Waals surface area contributed by atoms with Crippen LogP contribution in [-0.4, -0.2) is 59.0 Å². The molecule has 1 aliphatic heterocycles. The summed E-state index contributed by atoms with van der Waals surface area (Å²) in [7, 11) is 1.62. The molecular formula is C26H28N4O4. The molecule has 8 nitrogen and oxygen atoms in total. The number of hydrogen-bond acceptors (Lipinski definition) is 6. The first kappa shape index (κ1) is 22.3. The van der Waals surface area contributed by atoms with Crippen molar-refractivity contribution < 1.29 is 9.47 Å². The fourth-order valence-corrected chi connectivity index (χ4v) is 4.42. The second kappa shape index (κ2) is 9.79. The number of benzene rings is 1. The third-order valence-electron chi connectivity index (χ3n) is 6.38. The Labute approximate surface area is 197 Å². The van der Waals surface area contributed by atoms with Crippen LogP contribution in [0.4, 0.5) is 0 Å². The summed E-state index contributed by atoms with van der Waals surface area (Å²) in [5.41, 5.74) is 1.91. The Morgan fingerprint density at radius 2 is 1.53 bits per heavy atom. The van der Waals surface area contributed by atoms with Crippen LogP contribution in [0.3, 0.4) is 0 Å². The molecule has 5 rings (SSSR count). The van der Waals surface area contributed by atoms with Gasteiger partial charge in [0.25, 0.3) is 11.1 Å². The Bertz CT molecular complexity index is 1420. The highest BCUT2D eigenvalue weighted by Gasteiger charge is 2.12. The van der Waals surface area contributed by atoms with E-state index in [1.54, 1.807) is 34.7 Å². The summed E-state index contributed by atoms with van der Waals surface area (Å²) in [4.78, 5) is 33.3. The third kappa shape index (κ3) is 4.60. The predicted octanol–water partition coefficient (Wildman–Crippen LogP) is 2.49. The van der Waals surface area contributed by atoms with E-state index < -0.39 is 0 Å². The summed E-state index contributed by atoms with van der Waals surface area (Å²) in [5.74, 6) is 0.770. The molecule has 8 heteroatoms. The molecule has 0 bridgehead atoms. The van der Waals surface area contributed by atoms with Crippen LogP contribution in [0.2, 0.25) is 0 Å². The lowest BCUT2D eigenvalue weighted by Gasteiger charge is -2.26. The van der Waals surface area contributed by atoms with E-state index in [9.17, 15) is 9.59 Å². The molecule has 0 N–H and O–H groups in total. The first-order valence-electron chi connectivity index (χ1n) is 11.6. The zero-order valence-electron chi connectivity index (χ0n) is 19.3. The Hall–Kier alpha value is -3.49. The molecule has 0 unspecified atom stereocenters. The SMILES string of the molecule is COc1ccc(Cn2ccc3nc4ccn(CCCN5CCOCC5)c(=O)c4cc3c2=O)cc1. The van der Waals surface area contributed by atoms with E-state index in [0.717, 1.165) is 50.6 Å². The van der Waals surface area contributed by atoms with Crippen LogP contribution in [0.5, 0.6) is 5.75 Å². The number of ether oxygens (including phenoxy) is 2. The number of methoxy groups -OCH3 is 1. The summed E-state index contributed by atoms with van der Waals surface area (Å²) in [6.07, 6.45) is 4.43. The number of fused-ring (bicyclic) bond motifs is 2. The van der Waals surface area contributed by atoms with Crippen LogP contribution in [0, 0.1) is 0 Å². The lowest BCUT2D eigenvalue weighted by molar-refractivity contribution is 0.0369. The number of nitrogens with zero attached hydrogens (tertiary/aromatic N) is 4. The first-order chi connectivity index (χ1) is 16.6. The number of rotatable bonds is 7. The molecule has 1 saturated heterocycles. The summed E-state index contributed by atoms with van der Waals surface area (Å²) < 4.78 is 14.0. The molecule has 176 valence electrons. The van der Waals surface area contributed by atoms with E-state index in [1.165, 1.54) is 0 Å². The van der Waals surface area contributed by atoms with E-state index in [-0.39, 0.29) is 11.1 Å². The van der Waals surface area contributed by atoms with Gasteiger partial charge < -0.3 is 18.6 Å². The fraction of sp³-hybridized carbons (Fsp3) is 0.346. The zero-order chi connectivity index (χ0) is 23.5. The number of aromatic nitrogens is 3. The smallest absolute Gasteiger partial charge is 0.260 e. The minimum Gasteiger partial charge on any atom is -0.497 e. The summed E-state index contributed by atoms with van der Waals surface area (Å²) >= 11 is 0. The van der Waals surface area contributed by atoms with Crippen molar-refractivity contribution in [1.29, 1.82) is 0 Å². The topological polar surface area (TPSA) is 78.6 Å². The van der Waals surface area contributed by atoms with Gasteiger partial charge in [0, 0.05) is 38.6 Å². The van der Waals surface area contributed by atoms with Gasteiger partial charge in [0.05, 0.1) is 48.7 Å². The Morgan fingerprint density at radius 3 is 2.21 bits per heavy atom. The molecule has 0 atom stereocenters. The normalized spacial score (nSPS) is 14.6. The zero-order valence-corrected chi connectivity index (χ0v) is 19.3. The lowest BCUT2D eigenvalue weighted by Crippen LogP contribution is -2.37. The van der Waals surface area contributed by atoms with Crippen molar-refractivity contribution in [2.24, 2.45) is 0 Å².